The average Bonchev–Trinajstić information content (AvgIpc) is 2.86. The van der Waals surface area contributed by atoms with E-state index in [1.807, 2.05) is 18.2 Å². The van der Waals surface area contributed by atoms with Crippen molar-refractivity contribution in [3.8, 4) is 5.75 Å². The molecule has 5 nitrogen and oxygen atoms in total. The minimum Gasteiger partial charge on any atom is -0.489 e. The van der Waals surface area contributed by atoms with Crippen molar-refractivity contribution in [1.82, 2.24) is 0 Å². The molecule has 0 aromatic heterocycles. The lowest BCUT2D eigenvalue weighted by Crippen LogP contribution is -2.05. The highest BCUT2D eigenvalue weighted by Gasteiger charge is 2.19. The quantitative estimate of drug-likeness (QED) is 0.691. The maximum absolute atomic E-state index is 10.6. The van der Waals surface area contributed by atoms with Crippen LogP contribution in [0, 0.1) is 10.1 Å². The van der Waals surface area contributed by atoms with Gasteiger partial charge in [-0.05, 0) is 53.8 Å². The number of hydrogen-bond acceptors (Lipinski definition) is 4. The minimum atomic E-state index is -0.408. The van der Waals surface area contributed by atoms with Gasteiger partial charge in [0, 0.05) is 18.2 Å². The van der Waals surface area contributed by atoms with Gasteiger partial charge in [0.1, 0.15) is 12.4 Å². The third kappa shape index (κ3) is 2.87. The fraction of sp³-hybridized carbons (Fsp3) is 0.250. The van der Waals surface area contributed by atoms with E-state index in [4.69, 9.17) is 10.5 Å². The number of rotatable bonds is 4. The fourth-order valence-corrected chi connectivity index (χ4v) is 2.60. The Hall–Kier alpha value is -2.40. The van der Waals surface area contributed by atoms with E-state index in [0.29, 0.717) is 6.61 Å². The Kier molecular flexibility index (Phi) is 3.58. The van der Waals surface area contributed by atoms with Crippen molar-refractivity contribution < 1.29 is 9.66 Å². The Bertz CT molecular complexity index is 668. The first kappa shape index (κ1) is 13.6. The molecule has 2 N–H and O–H groups in total. The van der Waals surface area contributed by atoms with Crippen molar-refractivity contribution in [2.75, 3.05) is 0 Å². The Morgan fingerprint density at radius 3 is 2.71 bits per heavy atom. The van der Waals surface area contributed by atoms with Gasteiger partial charge in [-0.25, -0.2) is 0 Å². The zero-order chi connectivity index (χ0) is 14.8. The van der Waals surface area contributed by atoms with Crippen LogP contribution >= 0.6 is 0 Å². The summed E-state index contributed by atoms with van der Waals surface area (Å²) >= 11 is 0. The third-order valence-electron chi connectivity index (χ3n) is 3.79. The molecule has 0 saturated carbocycles. The van der Waals surface area contributed by atoms with Crippen molar-refractivity contribution in [2.24, 2.45) is 5.73 Å². The number of fused-ring (bicyclic) bond motifs is 1. The molecule has 0 radical (unpaired) electrons. The molecular weight excluding hydrogens is 268 g/mol. The number of hydrogen-bond donors (Lipinski definition) is 1. The van der Waals surface area contributed by atoms with Crippen LogP contribution < -0.4 is 10.5 Å². The van der Waals surface area contributed by atoms with Crippen LogP contribution in [0.1, 0.15) is 29.2 Å². The lowest BCUT2D eigenvalue weighted by Gasteiger charge is -2.09. The van der Waals surface area contributed by atoms with Gasteiger partial charge in [-0.3, -0.25) is 10.1 Å². The second kappa shape index (κ2) is 5.54. The van der Waals surface area contributed by atoms with Crippen molar-refractivity contribution >= 4 is 5.69 Å². The number of benzene rings is 2. The topological polar surface area (TPSA) is 78.4 Å². The lowest BCUT2D eigenvalue weighted by atomic mass is 10.1. The van der Waals surface area contributed by atoms with Gasteiger partial charge in [-0.15, -0.1) is 0 Å². The predicted octanol–water partition coefficient (Wildman–Crippen LogP) is 3.12. The Morgan fingerprint density at radius 1 is 1.24 bits per heavy atom. The standard InChI is InChI=1S/C16H16N2O3/c17-16-8-3-12-9-14(6-7-15(12)16)21-10-11-1-4-13(5-2-11)18(19)20/h1-2,4-7,9,16H,3,8,10,17H2/t16-/m0/s1. The van der Waals surface area contributed by atoms with Crippen molar-refractivity contribution in [1.29, 1.82) is 0 Å². The predicted molar refractivity (Wildman–Crippen MR) is 79.1 cm³/mol. The number of aryl methyl sites for hydroxylation is 1. The van der Waals surface area contributed by atoms with Crippen LogP contribution in [0.5, 0.6) is 5.75 Å². The van der Waals surface area contributed by atoms with Crippen LogP contribution in [0.4, 0.5) is 5.69 Å². The first-order chi connectivity index (χ1) is 10.1. The average molecular weight is 284 g/mol. The van der Waals surface area contributed by atoms with Crippen molar-refractivity contribution in [2.45, 2.75) is 25.5 Å². The van der Waals surface area contributed by atoms with Crippen molar-refractivity contribution in [3.05, 3.63) is 69.3 Å². The maximum atomic E-state index is 10.6. The Morgan fingerprint density at radius 2 is 2.00 bits per heavy atom. The number of nitrogens with zero attached hydrogens (tertiary/aromatic N) is 1. The molecule has 0 fully saturated rings. The molecule has 0 amide bonds. The first-order valence-electron chi connectivity index (χ1n) is 6.88. The van der Waals surface area contributed by atoms with Crippen molar-refractivity contribution in [3.63, 3.8) is 0 Å². The normalized spacial score (nSPS) is 16.5. The van der Waals surface area contributed by atoms with Gasteiger partial charge in [0.15, 0.2) is 0 Å². The van der Waals surface area contributed by atoms with Gasteiger partial charge in [0.25, 0.3) is 5.69 Å². The molecule has 0 bridgehead atoms. The molecule has 0 heterocycles. The summed E-state index contributed by atoms with van der Waals surface area (Å²) in [5.41, 5.74) is 9.45. The molecule has 0 aliphatic heterocycles. The SMILES string of the molecule is N[C@H]1CCc2cc(OCc3ccc([N+](=O)[O-])cc3)ccc21. The van der Waals surface area contributed by atoms with Crippen LogP contribution in [0.15, 0.2) is 42.5 Å². The molecule has 2 aromatic rings. The summed E-state index contributed by atoms with van der Waals surface area (Å²) in [5.74, 6) is 0.807. The highest BCUT2D eigenvalue weighted by Crippen LogP contribution is 2.32. The number of ether oxygens (including phenoxy) is 1. The molecule has 21 heavy (non-hydrogen) atoms. The van der Waals surface area contributed by atoms with Gasteiger partial charge in [0.05, 0.1) is 4.92 Å². The third-order valence-corrected chi connectivity index (χ3v) is 3.79. The minimum absolute atomic E-state index is 0.0882. The van der Waals surface area contributed by atoms with Gasteiger partial charge < -0.3 is 10.5 Å². The van der Waals surface area contributed by atoms with Gasteiger partial charge in [-0.2, -0.15) is 0 Å². The Balaban J connectivity index is 1.66. The zero-order valence-corrected chi connectivity index (χ0v) is 11.5. The van der Waals surface area contributed by atoms with Gasteiger partial charge in [-0.1, -0.05) is 6.07 Å². The molecule has 1 aliphatic rings. The molecular formula is C16H16N2O3. The second-order valence-corrected chi connectivity index (χ2v) is 5.22. The summed E-state index contributed by atoms with van der Waals surface area (Å²) < 4.78 is 5.74. The number of non-ortho nitro benzene ring substituents is 1. The number of nitrogens with two attached hydrogens (primary N) is 1. The van der Waals surface area contributed by atoms with E-state index >= 15 is 0 Å². The summed E-state index contributed by atoms with van der Waals surface area (Å²) in [6.45, 7) is 0.392. The molecule has 5 heteroatoms. The molecule has 1 aliphatic carbocycles. The van der Waals surface area contributed by atoms with E-state index in [1.165, 1.54) is 23.3 Å². The van der Waals surface area contributed by atoms with Crippen LogP contribution in [0.2, 0.25) is 0 Å². The monoisotopic (exact) mass is 284 g/mol. The molecule has 0 spiro atoms. The summed E-state index contributed by atoms with van der Waals surface area (Å²) in [6, 6.07) is 12.5. The van der Waals surface area contributed by atoms with E-state index in [9.17, 15) is 10.1 Å². The molecule has 0 saturated heterocycles. The van der Waals surface area contributed by atoms with Gasteiger partial charge >= 0.3 is 0 Å². The van der Waals surface area contributed by atoms with E-state index in [2.05, 4.69) is 0 Å². The number of nitro benzene ring substituents is 1. The highest BCUT2D eigenvalue weighted by atomic mass is 16.6. The zero-order valence-electron chi connectivity index (χ0n) is 11.5. The van der Waals surface area contributed by atoms with Crippen LogP contribution in [-0.2, 0) is 13.0 Å². The Labute approximate surface area is 122 Å². The molecule has 0 unspecified atom stereocenters. The summed E-state index contributed by atoms with van der Waals surface area (Å²) in [6.07, 6.45) is 1.98. The van der Waals surface area contributed by atoms with Crippen LogP contribution in [-0.4, -0.2) is 4.92 Å². The number of nitro groups is 1. The smallest absolute Gasteiger partial charge is 0.269 e. The molecule has 3 rings (SSSR count). The summed E-state index contributed by atoms with van der Waals surface area (Å²) in [4.78, 5) is 10.2. The van der Waals surface area contributed by atoms with E-state index in [1.54, 1.807) is 12.1 Å². The van der Waals surface area contributed by atoms with E-state index < -0.39 is 4.92 Å². The molecule has 1 atom stereocenters. The summed E-state index contributed by atoms with van der Waals surface area (Å²) in [7, 11) is 0. The van der Waals surface area contributed by atoms with Crippen LogP contribution in [0.3, 0.4) is 0 Å². The fourth-order valence-electron chi connectivity index (χ4n) is 2.60. The van der Waals surface area contributed by atoms with E-state index in [0.717, 1.165) is 24.2 Å². The summed E-state index contributed by atoms with van der Waals surface area (Å²) in [5, 5.41) is 10.6. The highest BCUT2D eigenvalue weighted by molar-refractivity contribution is 5.40. The van der Waals surface area contributed by atoms with E-state index in [-0.39, 0.29) is 11.7 Å². The van der Waals surface area contributed by atoms with Gasteiger partial charge in [0.2, 0.25) is 0 Å². The van der Waals surface area contributed by atoms with Crippen LogP contribution in [0.25, 0.3) is 0 Å². The molecule has 108 valence electrons. The molecule has 2 aromatic carbocycles. The largest absolute Gasteiger partial charge is 0.489 e. The maximum Gasteiger partial charge on any atom is 0.269 e. The lowest BCUT2D eigenvalue weighted by molar-refractivity contribution is -0.384. The first-order valence-corrected chi connectivity index (χ1v) is 6.88. The second-order valence-electron chi connectivity index (χ2n) is 5.22.